The summed E-state index contributed by atoms with van der Waals surface area (Å²) in [5, 5.41) is 4.17. The Bertz CT molecular complexity index is 566. The standard InChI is InChI=1S/C17H25N3O2/c1-3-8-20(2)17(21)14-12-7-6-11(9-12)13(14)16-18-15(19-22-16)10-4-5-10/h10-14H,3-9H2,1-2H3/t11-,12+,13+,14+/m1/s1. The summed E-state index contributed by atoms with van der Waals surface area (Å²) < 4.78 is 5.59. The fourth-order valence-electron chi connectivity index (χ4n) is 4.59. The zero-order valence-corrected chi connectivity index (χ0v) is 13.5. The van der Waals surface area contributed by atoms with Crippen LogP contribution in [0.2, 0.25) is 0 Å². The number of carbonyl (C=O) groups excluding carboxylic acids is 1. The van der Waals surface area contributed by atoms with Crippen LogP contribution in [0.3, 0.4) is 0 Å². The Kier molecular flexibility index (Phi) is 3.46. The molecule has 1 amide bonds. The summed E-state index contributed by atoms with van der Waals surface area (Å²) >= 11 is 0. The molecule has 0 saturated heterocycles. The van der Waals surface area contributed by atoms with E-state index >= 15 is 0 Å². The minimum Gasteiger partial charge on any atom is -0.346 e. The molecule has 5 heteroatoms. The highest BCUT2D eigenvalue weighted by Gasteiger charge is 2.54. The molecule has 0 aliphatic heterocycles. The van der Waals surface area contributed by atoms with Gasteiger partial charge in [0.05, 0.1) is 11.8 Å². The zero-order valence-electron chi connectivity index (χ0n) is 13.5. The van der Waals surface area contributed by atoms with Crippen LogP contribution in [-0.2, 0) is 4.79 Å². The SMILES string of the molecule is CCCN(C)C(=O)[C@H]1[C@H]2CC[C@H](C2)[C@@H]1c1nc(C2CC2)no1. The summed E-state index contributed by atoms with van der Waals surface area (Å²) in [4.78, 5) is 19.5. The normalized spacial score (nSPS) is 33.4. The van der Waals surface area contributed by atoms with Gasteiger partial charge in [0.25, 0.3) is 0 Å². The van der Waals surface area contributed by atoms with E-state index in [1.54, 1.807) is 0 Å². The minimum atomic E-state index is 0.0582. The first-order chi connectivity index (χ1) is 10.7. The van der Waals surface area contributed by atoms with Crippen LogP contribution in [0, 0.1) is 17.8 Å². The Morgan fingerprint density at radius 3 is 2.77 bits per heavy atom. The molecule has 3 saturated carbocycles. The molecular weight excluding hydrogens is 278 g/mol. The smallest absolute Gasteiger partial charge is 0.230 e. The lowest BCUT2D eigenvalue weighted by Gasteiger charge is -2.31. The summed E-state index contributed by atoms with van der Waals surface area (Å²) in [7, 11) is 1.93. The number of rotatable bonds is 5. The van der Waals surface area contributed by atoms with Crippen LogP contribution in [0.15, 0.2) is 4.52 Å². The highest BCUT2D eigenvalue weighted by Crippen LogP contribution is 2.57. The Balaban J connectivity index is 1.59. The molecule has 22 heavy (non-hydrogen) atoms. The summed E-state index contributed by atoms with van der Waals surface area (Å²) in [6.07, 6.45) is 6.90. The number of aromatic nitrogens is 2. The molecule has 0 N–H and O–H groups in total. The Hall–Kier alpha value is -1.39. The second-order valence-electron chi connectivity index (χ2n) is 7.41. The average Bonchev–Trinajstić information content (AvgIpc) is 2.97. The van der Waals surface area contributed by atoms with Crippen molar-refractivity contribution in [3.05, 3.63) is 11.7 Å². The summed E-state index contributed by atoms with van der Waals surface area (Å²) in [6, 6.07) is 0. The molecule has 4 atom stereocenters. The molecule has 120 valence electrons. The number of hydrogen-bond donors (Lipinski definition) is 0. The first-order valence-electron chi connectivity index (χ1n) is 8.77. The van der Waals surface area contributed by atoms with E-state index in [1.165, 1.54) is 25.7 Å². The number of fused-ring (bicyclic) bond motifs is 2. The first-order valence-corrected chi connectivity index (χ1v) is 8.77. The average molecular weight is 303 g/mol. The van der Waals surface area contributed by atoms with E-state index in [4.69, 9.17) is 4.52 Å². The highest BCUT2D eigenvalue weighted by atomic mass is 16.5. The maximum atomic E-state index is 12.9. The van der Waals surface area contributed by atoms with Crippen molar-refractivity contribution in [3.8, 4) is 0 Å². The fraction of sp³-hybridized carbons (Fsp3) is 0.824. The molecule has 1 aromatic heterocycles. The van der Waals surface area contributed by atoms with Crippen molar-refractivity contribution in [2.75, 3.05) is 13.6 Å². The van der Waals surface area contributed by atoms with Crippen LogP contribution >= 0.6 is 0 Å². The molecule has 3 aliphatic carbocycles. The Morgan fingerprint density at radius 1 is 1.27 bits per heavy atom. The van der Waals surface area contributed by atoms with E-state index in [2.05, 4.69) is 17.1 Å². The maximum absolute atomic E-state index is 12.9. The van der Waals surface area contributed by atoms with Gasteiger partial charge in [-0.1, -0.05) is 12.1 Å². The second-order valence-corrected chi connectivity index (χ2v) is 7.41. The number of amides is 1. The lowest BCUT2D eigenvalue weighted by atomic mass is 9.78. The van der Waals surface area contributed by atoms with E-state index in [9.17, 15) is 4.79 Å². The van der Waals surface area contributed by atoms with E-state index in [1.807, 2.05) is 11.9 Å². The third-order valence-corrected chi connectivity index (χ3v) is 5.82. The molecule has 0 unspecified atom stereocenters. The zero-order chi connectivity index (χ0) is 15.3. The summed E-state index contributed by atoms with van der Waals surface area (Å²) in [5.41, 5.74) is 0. The van der Waals surface area contributed by atoms with Gasteiger partial charge in [-0.3, -0.25) is 4.79 Å². The summed E-state index contributed by atoms with van der Waals surface area (Å²) in [5.74, 6) is 3.68. The van der Waals surface area contributed by atoms with Gasteiger partial charge in [-0.25, -0.2) is 0 Å². The number of nitrogens with zero attached hydrogens (tertiary/aromatic N) is 3. The van der Waals surface area contributed by atoms with Gasteiger partial charge in [0.15, 0.2) is 5.82 Å². The van der Waals surface area contributed by atoms with Crippen molar-refractivity contribution in [1.82, 2.24) is 15.0 Å². The molecule has 0 spiro atoms. The van der Waals surface area contributed by atoms with Gasteiger partial charge < -0.3 is 9.42 Å². The fourth-order valence-corrected chi connectivity index (χ4v) is 4.59. The van der Waals surface area contributed by atoms with Crippen LogP contribution in [0.1, 0.15) is 69.0 Å². The third-order valence-electron chi connectivity index (χ3n) is 5.82. The molecule has 1 heterocycles. The van der Waals surface area contributed by atoms with Crippen LogP contribution in [0.25, 0.3) is 0 Å². The van der Waals surface area contributed by atoms with E-state index in [0.717, 1.165) is 31.1 Å². The molecular formula is C17H25N3O2. The van der Waals surface area contributed by atoms with Crippen molar-refractivity contribution >= 4 is 5.91 Å². The maximum Gasteiger partial charge on any atom is 0.230 e. The van der Waals surface area contributed by atoms with E-state index in [0.29, 0.717) is 17.8 Å². The van der Waals surface area contributed by atoms with Gasteiger partial charge in [-0.15, -0.1) is 0 Å². The van der Waals surface area contributed by atoms with Gasteiger partial charge in [-0.2, -0.15) is 4.98 Å². The van der Waals surface area contributed by atoms with Crippen molar-refractivity contribution < 1.29 is 9.32 Å². The molecule has 0 radical (unpaired) electrons. The third kappa shape index (κ3) is 2.25. The van der Waals surface area contributed by atoms with Crippen LogP contribution < -0.4 is 0 Å². The molecule has 5 nitrogen and oxygen atoms in total. The minimum absolute atomic E-state index is 0.0582. The molecule has 3 fully saturated rings. The monoisotopic (exact) mass is 303 g/mol. The van der Waals surface area contributed by atoms with Crippen molar-refractivity contribution in [2.45, 2.75) is 57.3 Å². The van der Waals surface area contributed by atoms with E-state index in [-0.39, 0.29) is 17.7 Å². The highest BCUT2D eigenvalue weighted by molar-refractivity contribution is 5.80. The molecule has 0 aromatic carbocycles. The number of carbonyl (C=O) groups is 1. The predicted molar refractivity (Wildman–Crippen MR) is 81.3 cm³/mol. The predicted octanol–water partition coefficient (Wildman–Crippen LogP) is 2.95. The topological polar surface area (TPSA) is 59.2 Å². The largest absolute Gasteiger partial charge is 0.346 e. The van der Waals surface area contributed by atoms with Crippen molar-refractivity contribution in [1.29, 1.82) is 0 Å². The lowest BCUT2D eigenvalue weighted by molar-refractivity contribution is -0.136. The van der Waals surface area contributed by atoms with Gasteiger partial charge in [-0.05, 0) is 50.4 Å². The van der Waals surface area contributed by atoms with Crippen LogP contribution in [0.4, 0.5) is 0 Å². The molecule has 1 aromatic rings. The second kappa shape index (κ2) is 5.36. The Morgan fingerprint density at radius 2 is 2.05 bits per heavy atom. The quantitative estimate of drug-likeness (QED) is 0.839. The first kappa shape index (κ1) is 14.2. The van der Waals surface area contributed by atoms with Crippen molar-refractivity contribution in [2.24, 2.45) is 17.8 Å². The van der Waals surface area contributed by atoms with Gasteiger partial charge in [0.1, 0.15) is 0 Å². The van der Waals surface area contributed by atoms with Crippen LogP contribution in [0.5, 0.6) is 0 Å². The number of hydrogen-bond acceptors (Lipinski definition) is 4. The van der Waals surface area contributed by atoms with Gasteiger partial charge in [0.2, 0.25) is 11.8 Å². The summed E-state index contributed by atoms with van der Waals surface area (Å²) in [6.45, 7) is 2.94. The molecule has 3 aliphatic rings. The van der Waals surface area contributed by atoms with Crippen molar-refractivity contribution in [3.63, 3.8) is 0 Å². The molecule has 2 bridgehead atoms. The van der Waals surface area contributed by atoms with Gasteiger partial charge in [0, 0.05) is 19.5 Å². The van der Waals surface area contributed by atoms with Crippen LogP contribution in [-0.4, -0.2) is 34.5 Å². The van der Waals surface area contributed by atoms with E-state index < -0.39 is 0 Å². The lowest BCUT2D eigenvalue weighted by Crippen LogP contribution is -2.39. The molecule has 4 rings (SSSR count). The van der Waals surface area contributed by atoms with Gasteiger partial charge >= 0.3 is 0 Å². The Labute approximate surface area is 131 Å².